The molecule has 1 unspecified atom stereocenters. The molecule has 0 spiro atoms. The lowest BCUT2D eigenvalue weighted by atomic mass is 9.94. The van der Waals surface area contributed by atoms with Gasteiger partial charge in [-0.05, 0) is 5.92 Å². The van der Waals surface area contributed by atoms with Crippen LogP contribution in [0.1, 0.15) is 31.0 Å². The molecule has 0 saturated carbocycles. The molecule has 1 atom stereocenters. The molecule has 3 N–H and O–H groups in total. The van der Waals surface area contributed by atoms with Crippen molar-refractivity contribution in [2.75, 3.05) is 5.73 Å². The first-order chi connectivity index (χ1) is 6.59. The summed E-state index contributed by atoms with van der Waals surface area (Å²) in [5.74, 6) is 0.846. The normalized spacial score (nSPS) is 18.9. The van der Waals surface area contributed by atoms with Crippen LogP contribution in [0.3, 0.4) is 0 Å². The van der Waals surface area contributed by atoms with Gasteiger partial charge >= 0.3 is 0 Å². The molecule has 0 aliphatic heterocycles. The minimum absolute atomic E-state index is 0.146. The van der Waals surface area contributed by atoms with Crippen molar-refractivity contribution in [3.63, 3.8) is 0 Å². The largest absolute Gasteiger partial charge is 0.369 e. The predicted octanol–water partition coefficient (Wildman–Crippen LogP) is 1.12. The molecule has 2 rings (SSSR count). The van der Waals surface area contributed by atoms with Crippen molar-refractivity contribution < 1.29 is 0 Å². The third-order valence-electron chi connectivity index (χ3n) is 2.51. The summed E-state index contributed by atoms with van der Waals surface area (Å²) < 4.78 is 0. The van der Waals surface area contributed by atoms with Crippen LogP contribution in [0.5, 0.6) is 0 Å². The highest BCUT2D eigenvalue weighted by molar-refractivity contribution is 5.60. The Morgan fingerprint density at radius 3 is 2.93 bits per heavy atom. The SMILES string of the molecule is CC(C)C1C=Cc2c1nc(N)[nH]c2=O. The second-order valence-electron chi connectivity index (χ2n) is 3.88. The van der Waals surface area contributed by atoms with Crippen molar-refractivity contribution in [1.29, 1.82) is 0 Å². The summed E-state index contributed by atoms with van der Waals surface area (Å²) in [4.78, 5) is 18.1. The van der Waals surface area contributed by atoms with Crippen LogP contribution in [-0.2, 0) is 0 Å². The highest BCUT2D eigenvalue weighted by Gasteiger charge is 2.24. The number of nitrogens with two attached hydrogens (primary N) is 1. The van der Waals surface area contributed by atoms with E-state index in [9.17, 15) is 4.79 Å². The van der Waals surface area contributed by atoms with E-state index in [2.05, 4.69) is 23.8 Å². The minimum Gasteiger partial charge on any atom is -0.369 e. The van der Waals surface area contributed by atoms with Crippen molar-refractivity contribution in [1.82, 2.24) is 9.97 Å². The highest BCUT2D eigenvalue weighted by atomic mass is 16.1. The smallest absolute Gasteiger partial charge is 0.259 e. The summed E-state index contributed by atoms with van der Waals surface area (Å²) in [6, 6.07) is 0. The number of nitrogen functional groups attached to an aromatic ring is 1. The van der Waals surface area contributed by atoms with Gasteiger partial charge in [-0.1, -0.05) is 26.0 Å². The minimum atomic E-state index is -0.146. The maximum Gasteiger partial charge on any atom is 0.259 e. The summed E-state index contributed by atoms with van der Waals surface area (Å²) in [5, 5.41) is 0. The number of hydrogen-bond acceptors (Lipinski definition) is 3. The first-order valence-corrected chi connectivity index (χ1v) is 4.67. The van der Waals surface area contributed by atoms with E-state index in [0.717, 1.165) is 5.69 Å². The van der Waals surface area contributed by atoms with E-state index in [1.165, 1.54) is 0 Å². The van der Waals surface area contributed by atoms with Crippen LogP contribution >= 0.6 is 0 Å². The summed E-state index contributed by atoms with van der Waals surface area (Å²) in [7, 11) is 0. The van der Waals surface area contributed by atoms with Crippen molar-refractivity contribution in [2.45, 2.75) is 19.8 Å². The number of rotatable bonds is 1. The van der Waals surface area contributed by atoms with Gasteiger partial charge in [0.05, 0.1) is 11.3 Å². The van der Waals surface area contributed by atoms with Gasteiger partial charge in [-0.25, -0.2) is 4.98 Å². The molecule has 1 aromatic heterocycles. The maximum absolute atomic E-state index is 11.5. The van der Waals surface area contributed by atoms with E-state index in [-0.39, 0.29) is 17.4 Å². The molecule has 1 aromatic rings. The van der Waals surface area contributed by atoms with Crippen molar-refractivity contribution in [2.24, 2.45) is 5.92 Å². The highest BCUT2D eigenvalue weighted by Crippen LogP contribution is 2.32. The number of nitrogens with zero attached hydrogens (tertiary/aromatic N) is 1. The zero-order valence-electron chi connectivity index (χ0n) is 8.24. The van der Waals surface area contributed by atoms with Gasteiger partial charge in [-0.2, -0.15) is 0 Å². The Balaban J connectivity index is 2.60. The second-order valence-corrected chi connectivity index (χ2v) is 3.88. The Kier molecular flexibility index (Phi) is 1.91. The molecular formula is C10H13N3O. The van der Waals surface area contributed by atoms with E-state index >= 15 is 0 Å². The lowest BCUT2D eigenvalue weighted by Crippen LogP contribution is -2.17. The van der Waals surface area contributed by atoms with Gasteiger partial charge in [0.25, 0.3) is 5.56 Å². The summed E-state index contributed by atoms with van der Waals surface area (Å²) >= 11 is 0. The fourth-order valence-electron chi connectivity index (χ4n) is 1.76. The van der Waals surface area contributed by atoms with E-state index in [0.29, 0.717) is 11.5 Å². The number of H-pyrrole nitrogens is 1. The number of aromatic nitrogens is 2. The summed E-state index contributed by atoms with van der Waals surface area (Å²) in [6.45, 7) is 4.20. The number of nitrogens with one attached hydrogen (secondary N) is 1. The molecule has 0 radical (unpaired) electrons. The van der Waals surface area contributed by atoms with Gasteiger partial charge in [-0.3, -0.25) is 9.78 Å². The van der Waals surface area contributed by atoms with E-state index < -0.39 is 0 Å². The van der Waals surface area contributed by atoms with Gasteiger partial charge in [0.15, 0.2) is 0 Å². The molecule has 4 heteroatoms. The third kappa shape index (κ3) is 1.23. The van der Waals surface area contributed by atoms with Crippen LogP contribution in [0.2, 0.25) is 0 Å². The molecule has 0 aromatic carbocycles. The molecule has 0 fully saturated rings. The summed E-state index contributed by atoms with van der Waals surface area (Å²) in [6.07, 6.45) is 3.84. The quantitative estimate of drug-likeness (QED) is 0.698. The number of aromatic amines is 1. The topological polar surface area (TPSA) is 71.8 Å². The molecule has 0 saturated heterocycles. The Bertz CT molecular complexity index is 445. The predicted molar refractivity (Wildman–Crippen MR) is 55.9 cm³/mol. The molecule has 1 aliphatic rings. The molecular weight excluding hydrogens is 178 g/mol. The number of anilines is 1. The van der Waals surface area contributed by atoms with Crippen LogP contribution in [0.15, 0.2) is 10.9 Å². The average Bonchev–Trinajstić information content (AvgIpc) is 2.47. The number of fused-ring (bicyclic) bond motifs is 1. The molecule has 74 valence electrons. The van der Waals surface area contributed by atoms with Crippen LogP contribution in [-0.4, -0.2) is 9.97 Å². The monoisotopic (exact) mass is 191 g/mol. The number of hydrogen-bond donors (Lipinski definition) is 2. The van der Waals surface area contributed by atoms with Gasteiger partial charge in [0.1, 0.15) is 0 Å². The maximum atomic E-state index is 11.5. The summed E-state index contributed by atoms with van der Waals surface area (Å²) in [5.41, 5.74) is 6.81. The molecule has 0 bridgehead atoms. The standard InChI is InChI=1S/C10H13N3O/c1-5(2)6-3-4-7-8(6)12-10(11)13-9(7)14/h3-6H,1-2H3,(H3,11,12,13,14). The van der Waals surface area contributed by atoms with Gasteiger partial charge < -0.3 is 5.73 Å². The van der Waals surface area contributed by atoms with Gasteiger partial charge in [0.2, 0.25) is 5.95 Å². The second kappa shape index (κ2) is 2.97. The number of allylic oxidation sites excluding steroid dienone is 1. The van der Waals surface area contributed by atoms with Crippen molar-refractivity contribution in [3.8, 4) is 0 Å². The molecule has 4 nitrogen and oxygen atoms in total. The van der Waals surface area contributed by atoms with Crippen molar-refractivity contribution in [3.05, 3.63) is 27.7 Å². The Hall–Kier alpha value is -1.58. The molecule has 14 heavy (non-hydrogen) atoms. The van der Waals surface area contributed by atoms with Crippen molar-refractivity contribution >= 4 is 12.0 Å². The van der Waals surface area contributed by atoms with E-state index in [1.54, 1.807) is 0 Å². The first kappa shape index (κ1) is 8.99. The Morgan fingerprint density at radius 2 is 2.29 bits per heavy atom. The third-order valence-corrected chi connectivity index (χ3v) is 2.51. The zero-order valence-corrected chi connectivity index (χ0v) is 8.24. The lowest BCUT2D eigenvalue weighted by Gasteiger charge is -2.13. The van der Waals surface area contributed by atoms with Gasteiger partial charge in [-0.15, -0.1) is 0 Å². The van der Waals surface area contributed by atoms with E-state index in [1.807, 2.05) is 12.2 Å². The molecule has 0 amide bonds. The average molecular weight is 191 g/mol. The first-order valence-electron chi connectivity index (χ1n) is 4.67. The molecule has 1 aliphatic carbocycles. The van der Waals surface area contributed by atoms with Crippen LogP contribution in [0.4, 0.5) is 5.95 Å². The Labute approximate surface area is 81.9 Å². The van der Waals surface area contributed by atoms with Crippen LogP contribution in [0, 0.1) is 5.92 Å². The van der Waals surface area contributed by atoms with Crippen LogP contribution < -0.4 is 11.3 Å². The van der Waals surface area contributed by atoms with E-state index in [4.69, 9.17) is 5.73 Å². The lowest BCUT2D eigenvalue weighted by molar-refractivity contribution is 0.572. The molecule has 1 heterocycles. The van der Waals surface area contributed by atoms with Crippen LogP contribution in [0.25, 0.3) is 6.08 Å². The fourth-order valence-corrected chi connectivity index (χ4v) is 1.76. The zero-order chi connectivity index (χ0) is 10.3. The Morgan fingerprint density at radius 1 is 1.57 bits per heavy atom. The fraction of sp³-hybridized carbons (Fsp3) is 0.400. The van der Waals surface area contributed by atoms with Gasteiger partial charge in [0, 0.05) is 5.92 Å².